The highest BCUT2D eigenvalue weighted by atomic mass is 35.5. The molecule has 0 bridgehead atoms. The topological polar surface area (TPSA) is 47.0 Å². The number of hydrogen-bond acceptors (Lipinski definition) is 4. The lowest BCUT2D eigenvalue weighted by atomic mass is 10.2. The Morgan fingerprint density at radius 3 is 2.63 bits per heavy atom. The van der Waals surface area contributed by atoms with Gasteiger partial charge in [-0.15, -0.1) is 0 Å². The first-order valence-corrected chi connectivity index (χ1v) is 6.52. The maximum absolute atomic E-state index is 5.84. The van der Waals surface area contributed by atoms with Crippen LogP contribution in [0.5, 0.6) is 5.88 Å². The zero-order valence-electron chi connectivity index (χ0n) is 11.0. The number of aryl methyl sites for hydroxylation is 1. The van der Waals surface area contributed by atoms with Gasteiger partial charge in [-0.3, -0.25) is 0 Å². The van der Waals surface area contributed by atoms with Crippen molar-refractivity contribution in [1.29, 1.82) is 0 Å². The quantitative estimate of drug-likeness (QED) is 0.909. The molecule has 0 unspecified atom stereocenters. The maximum Gasteiger partial charge on any atom is 0.219 e. The van der Waals surface area contributed by atoms with Crippen molar-refractivity contribution in [2.45, 2.75) is 20.5 Å². The number of rotatable bonds is 5. The molecule has 1 N–H and O–H groups in total. The minimum absolute atomic E-state index is 0.458. The summed E-state index contributed by atoms with van der Waals surface area (Å²) in [4.78, 5) is 8.52. The van der Waals surface area contributed by atoms with E-state index in [-0.39, 0.29) is 0 Å². The zero-order chi connectivity index (χ0) is 13.7. The first-order chi connectivity index (χ1) is 9.17. The summed E-state index contributed by atoms with van der Waals surface area (Å²) in [6.07, 6.45) is 0. The summed E-state index contributed by atoms with van der Waals surface area (Å²) in [6.45, 7) is 5.13. The lowest BCUT2D eigenvalue weighted by molar-refractivity contribution is 0.293. The molecule has 1 aromatic carbocycles. The molecule has 4 nitrogen and oxygen atoms in total. The first kappa shape index (κ1) is 13.6. The van der Waals surface area contributed by atoms with Crippen LogP contribution in [-0.2, 0) is 6.61 Å². The van der Waals surface area contributed by atoms with Crippen molar-refractivity contribution >= 4 is 17.4 Å². The molecular weight excluding hydrogens is 262 g/mol. The Morgan fingerprint density at radius 1 is 1.21 bits per heavy atom. The molecule has 2 rings (SSSR count). The maximum atomic E-state index is 5.84. The molecule has 0 atom stereocenters. The fourth-order valence-electron chi connectivity index (χ4n) is 1.62. The van der Waals surface area contributed by atoms with Gasteiger partial charge in [0.1, 0.15) is 18.2 Å². The molecule has 19 heavy (non-hydrogen) atoms. The van der Waals surface area contributed by atoms with Gasteiger partial charge in [-0.25, -0.2) is 4.98 Å². The molecule has 1 heterocycles. The fourth-order valence-corrected chi connectivity index (χ4v) is 1.75. The third kappa shape index (κ3) is 4.10. The minimum Gasteiger partial charge on any atom is -0.473 e. The van der Waals surface area contributed by atoms with E-state index in [2.05, 4.69) is 15.3 Å². The van der Waals surface area contributed by atoms with E-state index in [9.17, 15) is 0 Å². The number of anilines is 1. The summed E-state index contributed by atoms with van der Waals surface area (Å²) in [7, 11) is 0. The molecule has 0 fully saturated rings. The van der Waals surface area contributed by atoms with Gasteiger partial charge in [0.25, 0.3) is 0 Å². The summed E-state index contributed by atoms with van der Waals surface area (Å²) < 4.78 is 5.67. The van der Waals surface area contributed by atoms with Gasteiger partial charge in [0.2, 0.25) is 5.88 Å². The third-order valence-corrected chi connectivity index (χ3v) is 2.72. The van der Waals surface area contributed by atoms with Crippen LogP contribution in [0.4, 0.5) is 5.82 Å². The summed E-state index contributed by atoms with van der Waals surface area (Å²) >= 11 is 5.84. The average molecular weight is 278 g/mol. The van der Waals surface area contributed by atoms with Gasteiger partial charge in [0.15, 0.2) is 0 Å². The highest BCUT2D eigenvalue weighted by Gasteiger charge is 2.03. The number of aromatic nitrogens is 2. The highest BCUT2D eigenvalue weighted by Crippen LogP contribution is 2.16. The monoisotopic (exact) mass is 277 g/mol. The molecule has 0 aliphatic rings. The number of ether oxygens (including phenoxy) is 1. The van der Waals surface area contributed by atoms with Crippen LogP contribution in [0.25, 0.3) is 0 Å². The van der Waals surface area contributed by atoms with Crippen molar-refractivity contribution in [3.05, 3.63) is 46.7 Å². The van der Waals surface area contributed by atoms with Crippen LogP contribution in [0.15, 0.2) is 30.3 Å². The first-order valence-electron chi connectivity index (χ1n) is 6.14. The molecule has 0 saturated heterocycles. The van der Waals surface area contributed by atoms with Crippen molar-refractivity contribution in [1.82, 2.24) is 9.97 Å². The van der Waals surface area contributed by atoms with Crippen LogP contribution in [0.1, 0.15) is 18.3 Å². The second-order valence-corrected chi connectivity index (χ2v) is 4.52. The van der Waals surface area contributed by atoms with Gasteiger partial charge in [-0.05, 0) is 31.5 Å². The summed E-state index contributed by atoms with van der Waals surface area (Å²) in [5, 5.41) is 3.86. The number of benzene rings is 1. The van der Waals surface area contributed by atoms with Crippen LogP contribution >= 0.6 is 11.6 Å². The third-order valence-electron chi connectivity index (χ3n) is 2.47. The van der Waals surface area contributed by atoms with Crippen molar-refractivity contribution in [3.63, 3.8) is 0 Å². The molecule has 0 spiro atoms. The van der Waals surface area contributed by atoms with Gasteiger partial charge >= 0.3 is 0 Å². The van der Waals surface area contributed by atoms with Crippen LogP contribution < -0.4 is 10.1 Å². The van der Waals surface area contributed by atoms with Gasteiger partial charge in [-0.1, -0.05) is 23.7 Å². The minimum atomic E-state index is 0.458. The Balaban J connectivity index is 2.04. The van der Waals surface area contributed by atoms with E-state index in [1.54, 1.807) is 6.07 Å². The molecule has 0 radical (unpaired) electrons. The predicted octanol–water partition coefficient (Wildman–Crippen LogP) is 3.45. The van der Waals surface area contributed by atoms with E-state index >= 15 is 0 Å². The SMILES string of the molecule is CCNc1cc(OCc2ccc(Cl)cc2)nc(C)n1. The van der Waals surface area contributed by atoms with E-state index < -0.39 is 0 Å². The van der Waals surface area contributed by atoms with Crippen molar-refractivity contribution in [3.8, 4) is 5.88 Å². The van der Waals surface area contributed by atoms with Gasteiger partial charge < -0.3 is 10.1 Å². The Kier molecular flexibility index (Phi) is 4.58. The van der Waals surface area contributed by atoms with Crippen LogP contribution in [0.2, 0.25) is 5.02 Å². The standard InChI is InChI=1S/C14H16ClN3O/c1-3-16-13-8-14(18-10(2)17-13)19-9-11-4-6-12(15)7-5-11/h4-8H,3,9H2,1-2H3,(H,16,17,18). The van der Waals surface area contributed by atoms with Crippen molar-refractivity contribution in [2.24, 2.45) is 0 Å². The molecule has 0 amide bonds. The van der Waals surface area contributed by atoms with E-state index in [0.717, 1.165) is 22.9 Å². The lowest BCUT2D eigenvalue weighted by Crippen LogP contribution is -2.04. The second-order valence-electron chi connectivity index (χ2n) is 4.08. The highest BCUT2D eigenvalue weighted by molar-refractivity contribution is 6.30. The normalized spacial score (nSPS) is 10.3. The Bertz CT molecular complexity index is 543. The lowest BCUT2D eigenvalue weighted by Gasteiger charge is -2.08. The second kappa shape index (κ2) is 6.38. The zero-order valence-corrected chi connectivity index (χ0v) is 11.7. The van der Waals surface area contributed by atoms with E-state index in [4.69, 9.17) is 16.3 Å². The number of nitrogens with zero attached hydrogens (tertiary/aromatic N) is 2. The van der Waals surface area contributed by atoms with Gasteiger partial charge in [-0.2, -0.15) is 4.98 Å². The smallest absolute Gasteiger partial charge is 0.219 e. The number of nitrogens with one attached hydrogen (secondary N) is 1. The molecule has 2 aromatic rings. The molecule has 100 valence electrons. The average Bonchev–Trinajstić information content (AvgIpc) is 2.38. The molecule has 1 aromatic heterocycles. The van der Waals surface area contributed by atoms with E-state index in [1.807, 2.05) is 38.1 Å². The number of halogens is 1. The number of hydrogen-bond donors (Lipinski definition) is 1. The van der Waals surface area contributed by atoms with Crippen LogP contribution in [0.3, 0.4) is 0 Å². The Labute approximate surface area is 117 Å². The fraction of sp³-hybridized carbons (Fsp3) is 0.286. The molecule has 0 aliphatic carbocycles. The molecular formula is C14H16ClN3O. The molecule has 5 heteroatoms. The van der Waals surface area contributed by atoms with Gasteiger partial charge in [0.05, 0.1) is 0 Å². The molecule has 0 saturated carbocycles. The Hall–Kier alpha value is -1.81. The van der Waals surface area contributed by atoms with Gasteiger partial charge in [0, 0.05) is 17.6 Å². The molecule has 0 aliphatic heterocycles. The van der Waals surface area contributed by atoms with Crippen molar-refractivity contribution in [2.75, 3.05) is 11.9 Å². The van der Waals surface area contributed by atoms with E-state index in [1.165, 1.54) is 0 Å². The summed E-state index contributed by atoms with van der Waals surface area (Å²) in [5.74, 6) is 2.03. The predicted molar refractivity (Wildman–Crippen MR) is 76.7 cm³/mol. The van der Waals surface area contributed by atoms with Crippen LogP contribution in [0, 0.1) is 6.92 Å². The summed E-state index contributed by atoms with van der Waals surface area (Å²) in [5.41, 5.74) is 1.05. The van der Waals surface area contributed by atoms with E-state index in [0.29, 0.717) is 18.3 Å². The van der Waals surface area contributed by atoms with Crippen molar-refractivity contribution < 1.29 is 4.74 Å². The van der Waals surface area contributed by atoms with Crippen LogP contribution in [-0.4, -0.2) is 16.5 Å². The Morgan fingerprint density at radius 2 is 1.95 bits per heavy atom. The summed E-state index contributed by atoms with van der Waals surface area (Å²) in [6, 6.07) is 9.35. The largest absolute Gasteiger partial charge is 0.473 e.